The lowest BCUT2D eigenvalue weighted by molar-refractivity contribution is 0.175. The fraction of sp³-hybridized carbons (Fsp3) is 0.333. The molecule has 2 N–H and O–H groups in total. The normalized spacial score (nSPS) is 13.4. The van der Waals surface area contributed by atoms with Gasteiger partial charge in [0.1, 0.15) is 0 Å². The molecule has 1 atom stereocenters. The van der Waals surface area contributed by atoms with E-state index >= 15 is 0 Å². The van der Waals surface area contributed by atoms with Crippen LogP contribution < -0.4 is 0 Å². The molecule has 0 saturated heterocycles. The Morgan fingerprint density at radius 2 is 2.21 bits per heavy atom. The van der Waals surface area contributed by atoms with Gasteiger partial charge in [0.05, 0.1) is 6.10 Å². The first kappa shape index (κ1) is 9.28. The molecule has 0 amide bonds. The van der Waals surface area contributed by atoms with Crippen LogP contribution >= 0.6 is 0 Å². The highest BCUT2D eigenvalue weighted by Crippen LogP contribution is 2.28. The molecule has 1 heterocycles. The van der Waals surface area contributed by atoms with E-state index in [4.69, 9.17) is 0 Å². The number of rotatable bonds is 2. The molecule has 0 aliphatic heterocycles. The van der Waals surface area contributed by atoms with E-state index in [2.05, 4.69) is 18.0 Å². The van der Waals surface area contributed by atoms with Crippen molar-refractivity contribution in [3.05, 3.63) is 35.5 Å². The smallest absolute Gasteiger partial charge is 0.0808 e. The maximum absolute atomic E-state index is 9.82. The van der Waals surface area contributed by atoms with Gasteiger partial charge in [-0.3, -0.25) is 0 Å². The maximum atomic E-state index is 9.82. The second-order valence-electron chi connectivity index (χ2n) is 3.67. The third kappa shape index (κ3) is 1.32. The zero-order valence-corrected chi connectivity index (χ0v) is 8.54. The summed E-state index contributed by atoms with van der Waals surface area (Å²) in [6.45, 7) is 4.06. The molecule has 0 aliphatic carbocycles. The average Bonchev–Trinajstić information content (AvgIpc) is 2.62. The maximum Gasteiger partial charge on any atom is 0.0808 e. The van der Waals surface area contributed by atoms with Crippen LogP contribution in [-0.4, -0.2) is 10.1 Å². The predicted molar refractivity (Wildman–Crippen MR) is 58.3 cm³/mol. The largest absolute Gasteiger partial charge is 0.388 e. The minimum absolute atomic E-state index is 0.357. The number of aromatic nitrogens is 1. The van der Waals surface area contributed by atoms with Gasteiger partial charge in [0.25, 0.3) is 0 Å². The van der Waals surface area contributed by atoms with E-state index < -0.39 is 0 Å². The first-order chi connectivity index (χ1) is 6.74. The van der Waals surface area contributed by atoms with Crippen molar-refractivity contribution >= 4 is 10.9 Å². The Hall–Kier alpha value is -1.28. The summed E-state index contributed by atoms with van der Waals surface area (Å²) < 4.78 is 0. The van der Waals surface area contributed by atoms with E-state index in [0.717, 1.165) is 17.5 Å². The van der Waals surface area contributed by atoms with Crippen molar-refractivity contribution in [1.82, 2.24) is 4.98 Å². The Kier molecular flexibility index (Phi) is 2.30. The van der Waals surface area contributed by atoms with Gasteiger partial charge < -0.3 is 10.1 Å². The highest BCUT2D eigenvalue weighted by molar-refractivity contribution is 5.86. The summed E-state index contributed by atoms with van der Waals surface area (Å²) in [6, 6.07) is 6.13. The molecule has 0 aliphatic rings. The van der Waals surface area contributed by atoms with Gasteiger partial charge in [-0.15, -0.1) is 0 Å². The Labute approximate surface area is 83.6 Å². The van der Waals surface area contributed by atoms with E-state index in [1.807, 2.05) is 25.3 Å². The van der Waals surface area contributed by atoms with Gasteiger partial charge in [0.2, 0.25) is 0 Å². The molecule has 2 aromatic rings. The minimum atomic E-state index is -0.357. The Morgan fingerprint density at radius 3 is 2.93 bits per heavy atom. The van der Waals surface area contributed by atoms with Gasteiger partial charge in [-0.2, -0.15) is 0 Å². The fourth-order valence-electron chi connectivity index (χ4n) is 1.88. The zero-order valence-electron chi connectivity index (χ0n) is 8.54. The number of nitrogens with one attached hydrogen (secondary N) is 1. The quantitative estimate of drug-likeness (QED) is 0.748. The lowest BCUT2D eigenvalue weighted by Crippen LogP contribution is -1.93. The molecule has 1 aromatic carbocycles. The van der Waals surface area contributed by atoms with Crippen molar-refractivity contribution in [2.75, 3.05) is 0 Å². The number of fused-ring (bicyclic) bond motifs is 1. The molecule has 2 heteroatoms. The van der Waals surface area contributed by atoms with Crippen LogP contribution in [-0.2, 0) is 0 Å². The molecule has 0 bridgehead atoms. The minimum Gasteiger partial charge on any atom is -0.388 e. The molecule has 0 unspecified atom stereocenters. The van der Waals surface area contributed by atoms with E-state index in [0.29, 0.717) is 0 Å². The van der Waals surface area contributed by atoms with Crippen LogP contribution in [0.1, 0.15) is 30.6 Å². The van der Waals surface area contributed by atoms with Crippen molar-refractivity contribution in [3.63, 3.8) is 0 Å². The van der Waals surface area contributed by atoms with E-state index in [1.54, 1.807) is 0 Å². The van der Waals surface area contributed by atoms with E-state index in [9.17, 15) is 5.11 Å². The molecule has 0 fully saturated rings. The van der Waals surface area contributed by atoms with Crippen LogP contribution in [0.2, 0.25) is 0 Å². The van der Waals surface area contributed by atoms with E-state index in [-0.39, 0.29) is 6.10 Å². The Bertz CT molecular complexity index is 445. The number of H-pyrrole nitrogens is 1. The number of benzene rings is 1. The number of aryl methyl sites for hydroxylation is 1. The number of hydrogen-bond donors (Lipinski definition) is 2. The molecule has 1 aromatic heterocycles. The molecule has 0 radical (unpaired) electrons. The molecule has 14 heavy (non-hydrogen) atoms. The number of aromatic amines is 1. The summed E-state index contributed by atoms with van der Waals surface area (Å²) in [7, 11) is 0. The first-order valence-corrected chi connectivity index (χ1v) is 4.98. The molecular formula is C12H15NO. The lowest BCUT2D eigenvalue weighted by atomic mass is 10.0. The second kappa shape index (κ2) is 3.46. The Morgan fingerprint density at radius 1 is 1.43 bits per heavy atom. The standard InChI is InChI=1S/C12H15NO/c1-3-11(14)9-7-13-10-6-4-5-8(2)12(9)10/h4-7,11,13-14H,3H2,1-2H3/t11-/m0/s1. The monoisotopic (exact) mass is 189 g/mol. The summed E-state index contributed by atoms with van der Waals surface area (Å²) >= 11 is 0. The van der Waals surface area contributed by atoms with Crippen LogP contribution in [0.5, 0.6) is 0 Å². The van der Waals surface area contributed by atoms with Gasteiger partial charge >= 0.3 is 0 Å². The molecule has 0 saturated carbocycles. The van der Waals surface area contributed by atoms with Crippen LogP contribution in [0.15, 0.2) is 24.4 Å². The molecule has 2 nitrogen and oxygen atoms in total. The summed E-state index contributed by atoms with van der Waals surface area (Å²) in [6.07, 6.45) is 2.30. The third-order valence-corrected chi connectivity index (χ3v) is 2.69. The van der Waals surface area contributed by atoms with Crippen molar-refractivity contribution in [2.24, 2.45) is 0 Å². The molecular weight excluding hydrogens is 174 g/mol. The van der Waals surface area contributed by atoms with Crippen molar-refractivity contribution in [1.29, 1.82) is 0 Å². The Balaban J connectivity index is 2.67. The van der Waals surface area contributed by atoms with Crippen LogP contribution in [0.4, 0.5) is 0 Å². The highest BCUT2D eigenvalue weighted by Gasteiger charge is 2.11. The van der Waals surface area contributed by atoms with Crippen LogP contribution in [0, 0.1) is 6.92 Å². The van der Waals surface area contributed by atoms with Gasteiger partial charge in [0.15, 0.2) is 0 Å². The van der Waals surface area contributed by atoms with Gasteiger partial charge in [-0.1, -0.05) is 19.1 Å². The summed E-state index contributed by atoms with van der Waals surface area (Å²) in [5, 5.41) is 11.0. The van der Waals surface area contributed by atoms with Crippen molar-refractivity contribution in [3.8, 4) is 0 Å². The molecule has 74 valence electrons. The van der Waals surface area contributed by atoms with Crippen molar-refractivity contribution < 1.29 is 5.11 Å². The van der Waals surface area contributed by atoms with Gasteiger partial charge in [-0.25, -0.2) is 0 Å². The number of hydrogen-bond acceptors (Lipinski definition) is 1. The first-order valence-electron chi connectivity index (χ1n) is 4.98. The van der Waals surface area contributed by atoms with Gasteiger partial charge in [-0.05, 0) is 25.0 Å². The number of aliphatic hydroxyl groups is 1. The number of aliphatic hydroxyl groups excluding tert-OH is 1. The van der Waals surface area contributed by atoms with Crippen molar-refractivity contribution in [2.45, 2.75) is 26.4 Å². The molecule has 2 rings (SSSR count). The molecule has 0 spiro atoms. The van der Waals surface area contributed by atoms with Gasteiger partial charge in [0, 0.05) is 22.7 Å². The highest BCUT2D eigenvalue weighted by atomic mass is 16.3. The summed E-state index contributed by atoms with van der Waals surface area (Å²) in [5.74, 6) is 0. The summed E-state index contributed by atoms with van der Waals surface area (Å²) in [5.41, 5.74) is 3.33. The topological polar surface area (TPSA) is 36.0 Å². The SMILES string of the molecule is CC[C@H](O)c1c[nH]c2cccc(C)c12. The van der Waals surface area contributed by atoms with Crippen LogP contribution in [0.3, 0.4) is 0 Å². The predicted octanol–water partition coefficient (Wildman–Crippen LogP) is 2.92. The zero-order chi connectivity index (χ0) is 10.1. The third-order valence-electron chi connectivity index (χ3n) is 2.69. The second-order valence-corrected chi connectivity index (χ2v) is 3.67. The fourth-order valence-corrected chi connectivity index (χ4v) is 1.88. The average molecular weight is 189 g/mol. The summed E-state index contributed by atoms with van der Waals surface area (Å²) in [4.78, 5) is 3.18. The van der Waals surface area contributed by atoms with Crippen LogP contribution in [0.25, 0.3) is 10.9 Å². The lowest BCUT2D eigenvalue weighted by Gasteiger charge is -2.07. The van der Waals surface area contributed by atoms with E-state index in [1.165, 1.54) is 10.9 Å².